The van der Waals surface area contributed by atoms with Crippen LogP contribution >= 0.6 is 0 Å². The lowest BCUT2D eigenvalue weighted by Gasteiger charge is -2.09. The molecule has 2 N–H and O–H groups in total. The molecule has 0 atom stereocenters. The van der Waals surface area contributed by atoms with Gasteiger partial charge in [0.05, 0.1) is 7.11 Å². The number of aliphatic hydroxyl groups excluding tert-OH is 1. The van der Waals surface area contributed by atoms with E-state index in [1.807, 2.05) is 18.2 Å². The summed E-state index contributed by atoms with van der Waals surface area (Å²) in [6, 6.07) is 0. The van der Waals surface area contributed by atoms with E-state index in [2.05, 4.69) is 17.4 Å². The zero-order chi connectivity index (χ0) is 14.3. The largest absolute Gasteiger partial charge is 0.466 e. The van der Waals surface area contributed by atoms with Gasteiger partial charge in [-0.25, -0.2) is 4.79 Å². The molecule has 0 spiro atoms. The first-order valence-corrected chi connectivity index (χ1v) is 5.92. The molecule has 0 radical (unpaired) electrons. The van der Waals surface area contributed by atoms with Gasteiger partial charge in [0.1, 0.15) is 0 Å². The fourth-order valence-electron chi connectivity index (χ4n) is 1.83. The van der Waals surface area contributed by atoms with E-state index in [1.54, 1.807) is 6.08 Å². The second-order valence-electron chi connectivity index (χ2n) is 3.97. The molecule has 0 heterocycles. The quantitative estimate of drug-likeness (QED) is 0.462. The molecule has 2 rings (SSSR count). The predicted molar refractivity (Wildman–Crippen MR) is 73.1 cm³/mol. The molecular weight excluding hydrogens is 244 g/mol. The monoisotopic (exact) mass is 262 g/mol. The fourth-order valence-corrected chi connectivity index (χ4v) is 1.83. The Morgan fingerprint density at radius 3 is 2.58 bits per heavy atom. The van der Waals surface area contributed by atoms with Crippen molar-refractivity contribution in [3.05, 3.63) is 59.8 Å². The van der Waals surface area contributed by atoms with Crippen LogP contribution in [0.4, 0.5) is 0 Å². The van der Waals surface area contributed by atoms with Crippen molar-refractivity contribution in [3.8, 4) is 0 Å². The Morgan fingerprint density at radius 1 is 1.42 bits per heavy atom. The van der Waals surface area contributed by atoms with Crippen molar-refractivity contribution in [1.29, 1.82) is 0 Å². The van der Waals surface area contributed by atoms with Crippen LogP contribution < -0.4 is 0 Å². The van der Waals surface area contributed by atoms with Gasteiger partial charge in [0.25, 0.3) is 0 Å². The molecule has 0 aromatic carbocycles. The first-order valence-electron chi connectivity index (χ1n) is 5.92. The zero-order valence-corrected chi connectivity index (χ0v) is 10.9. The van der Waals surface area contributed by atoms with Crippen molar-refractivity contribution in [3.63, 3.8) is 0 Å². The van der Waals surface area contributed by atoms with Crippen LogP contribution in [0.5, 0.6) is 0 Å². The lowest BCUT2D eigenvalue weighted by Crippen LogP contribution is -2.08. The number of allylic oxidation sites excluding steroid dienone is 6. The Kier molecular flexibility index (Phi) is 5.99. The van der Waals surface area contributed by atoms with Crippen LogP contribution in [0, 0.1) is 0 Å². The summed E-state index contributed by atoms with van der Waals surface area (Å²) in [5, 5.41) is 18.2. The Morgan fingerprint density at radius 2 is 2.16 bits per heavy atom. The number of methoxy groups -OCH3 is 1. The summed E-state index contributed by atoms with van der Waals surface area (Å²) in [7, 11) is 1.31. The minimum Gasteiger partial charge on any atom is -0.466 e. The topological polar surface area (TPSA) is 66.8 Å². The molecule has 102 valence electrons. The van der Waals surface area contributed by atoms with E-state index < -0.39 is 12.3 Å². The Hall–Kier alpha value is -1.91. The van der Waals surface area contributed by atoms with Crippen molar-refractivity contribution in [2.45, 2.75) is 19.1 Å². The summed E-state index contributed by atoms with van der Waals surface area (Å²) in [6.45, 7) is 3.16. The van der Waals surface area contributed by atoms with Gasteiger partial charge in [0.15, 0.2) is 6.29 Å². The number of carbonyl (C=O) groups excluding carboxylic acids is 1. The minimum absolute atomic E-state index is 0.394. The lowest BCUT2D eigenvalue weighted by atomic mass is 10.0. The number of carbonyl (C=O) groups is 1. The number of ether oxygens (including phenoxy) is 1. The molecule has 19 heavy (non-hydrogen) atoms. The van der Waals surface area contributed by atoms with Gasteiger partial charge in [-0.1, -0.05) is 37.0 Å². The van der Waals surface area contributed by atoms with Crippen molar-refractivity contribution in [2.24, 2.45) is 0 Å². The number of aliphatic hydroxyl groups is 2. The molecule has 2 aliphatic rings. The van der Waals surface area contributed by atoms with E-state index in [9.17, 15) is 4.79 Å². The third-order valence-corrected chi connectivity index (χ3v) is 2.77. The van der Waals surface area contributed by atoms with Gasteiger partial charge in [0, 0.05) is 11.6 Å². The van der Waals surface area contributed by atoms with Gasteiger partial charge in [-0.05, 0) is 24.0 Å². The van der Waals surface area contributed by atoms with Crippen molar-refractivity contribution < 1.29 is 19.7 Å². The summed E-state index contributed by atoms with van der Waals surface area (Å²) >= 11 is 0. The first kappa shape index (κ1) is 15.1. The SMILES string of the molecule is C=CC(=O)OC.OC(O)C1=C(C2=CC=CC2)CC=C1. The normalized spacial score (nSPS) is 16.3. The van der Waals surface area contributed by atoms with Gasteiger partial charge in [-0.3, -0.25) is 0 Å². The van der Waals surface area contributed by atoms with E-state index in [-0.39, 0.29) is 0 Å². The highest BCUT2D eigenvalue weighted by Crippen LogP contribution is 2.31. The highest BCUT2D eigenvalue weighted by molar-refractivity contribution is 5.80. The first-order chi connectivity index (χ1) is 9.10. The molecule has 0 saturated carbocycles. The fraction of sp³-hybridized carbons (Fsp3) is 0.267. The van der Waals surface area contributed by atoms with E-state index in [0.29, 0.717) is 5.57 Å². The summed E-state index contributed by atoms with van der Waals surface area (Å²) in [5.74, 6) is -0.394. The summed E-state index contributed by atoms with van der Waals surface area (Å²) < 4.78 is 4.14. The Bertz CT molecular complexity index is 465. The average Bonchev–Trinajstić information content (AvgIpc) is 3.07. The van der Waals surface area contributed by atoms with E-state index in [0.717, 1.165) is 24.5 Å². The highest BCUT2D eigenvalue weighted by atomic mass is 16.5. The molecule has 2 aliphatic carbocycles. The zero-order valence-electron chi connectivity index (χ0n) is 10.9. The van der Waals surface area contributed by atoms with Crippen LogP contribution in [-0.4, -0.2) is 29.6 Å². The smallest absolute Gasteiger partial charge is 0.329 e. The van der Waals surface area contributed by atoms with Gasteiger partial charge < -0.3 is 14.9 Å². The molecular formula is C15H18O4. The van der Waals surface area contributed by atoms with Gasteiger partial charge in [-0.15, -0.1) is 0 Å². The highest BCUT2D eigenvalue weighted by Gasteiger charge is 2.17. The van der Waals surface area contributed by atoms with Crippen LogP contribution in [0.25, 0.3) is 0 Å². The summed E-state index contributed by atoms with van der Waals surface area (Å²) in [6.07, 6.45) is 11.4. The van der Waals surface area contributed by atoms with Gasteiger partial charge >= 0.3 is 5.97 Å². The number of rotatable bonds is 3. The molecule has 0 aliphatic heterocycles. The van der Waals surface area contributed by atoms with E-state index >= 15 is 0 Å². The maximum absolute atomic E-state index is 9.84. The van der Waals surface area contributed by atoms with Crippen molar-refractivity contribution in [1.82, 2.24) is 0 Å². The van der Waals surface area contributed by atoms with Crippen molar-refractivity contribution in [2.75, 3.05) is 7.11 Å². The third-order valence-electron chi connectivity index (χ3n) is 2.77. The Balaban J connectivity index is 0.000000258. The number of hydrogen-bond acceptors (Lipinski definition) is 4. The summed E-state index contributed by atoms with van der Waals surface area (Å²) in [5.41, 5.74) is 2.92. The minimum atomic E-state index is -1.34. The molecule has 0 aromatic rings. The van der Waals surface area contributed by atoms with Gasteiger partial charge in [-0.2, -0.15) is 0 Å². The second-order valence-corrected chi connectivity index (χ2v) is 3.97. The average molecular weight is 262 g/mol. The van der Waals surface area contributed by atoms with E-state index in [4.69, 9.17) is 10.2 Å². The maximum Gasteiger partial charge on any atom is 0.329 e. The standard InChI is InChI=1S/C11H12O2.C4H6O2/c12-11(13)10-7-3-6-9(10)8-4-1-2-5-8;1-3-4(5)6-2/h1-4,7,11-13H,5-6H2;3H,1H2,2H3. The van der Waals surface area contributed by atoms with Crippen LogP contribution in [0.1, 0.15) is 12.8 Å². The molecule has 4 heteroatoms. The number of esters is 1. The molecule has 0 fully saturated rings. The molecule has 0 bridgehead atoms. The van der Waals surface area contributed by atoms with Crippen LogP contribution in [-0.2, 0) is 9.53 Å². The Labute approximate surface area is 112 Å². The molecule has 0 saturated heterocycles. The molecule has 4 nitrogen and oxygen atoms in total. The van der Waals surface area contributed by atoms with E-state index in [1.165, 1.54) is 12.7 Å². The molecule has 0 aromatic heterocycles. The van der Waals surface area contributed by atoms with Crippen LogP contribution in [0.3, 0.4) is 0 Å². The van der Waals surface area contributed by atoms with Crippen LogP contribution in [0.2, 0.25) is 0 Å². The maximum atomic E-state index is 9.84. The second kappa shape index (κ2) is 7.51. The predicted octanol–water partition coefficient (Wildman–Crippen LogP) is 1.79. The molecule has 0 amide bonds. The third kappa shape index (κ3) is 4.35. The number of hydrogen-bond donors (Lipinski definition) is 2. The van der Waals surface area contributed by atoms with Gasteiger partial charge in [0.2, 0.25) is 0 Å². The molecule has 0 unspecified atom stereocenters. The van der Waals surface area contributed by atoms with Crippen LogP contribution in [0.15, 0.2) is 59.8 Å². The summed E-state index contributed by atoms with van der Waals surface area (Å²) in [4.78, 5) is 9.84. The van der Waals surface area contributed by atoms with Crippen molar-refractivity contribution >= 4 is 5.97 Å². The lowest BCUT2D eigenvalue weighted by molar-refractivity contribution is -0.134.